The minimum absolute atomic E-state index is 0.202. The normalized spacial score (nSPS) is 15.6. The van der Waals surface area contributed by atoms with Gasteiger partial charge >= 0.3 is 0 Å². The Morgan fingerprint density at radius 1 is 1.06 bits per heavy atom. The molecule has 1 aliphatic rings. The van der Waals surface area contributed by atoms with Crippen molar-refractivity contribution in [3.63, 3.8) is 0 Å². The van der Waals surface area contributed by atoms with Crippen LogP contribution in [0.1, 0.15) is 18.3 Å². The third kappa shape index (κ3) is 3.85. The van der Waals surface area contributed by atoms with Gasteiger partial charge in [0.25, 0.3) is 0 Å². The van der Waals surface area contributed by atoms with Crippen LogP contribution in [-0.2, 0) is 13.0 Å². The molecule has 166 valence electrons. The number of halogens is 1. The zero-order valence-corrected chi connectivity index (χ0v) is 18.2. The molecule has 4 aromatic rings. The number of nitrogens with one attached hydrogen (secondary N) is 2. The number of aromatic hydroxyl groups is 1. The monoisotopic (exact) mass is 435 g/mol. The fourth-order valence-corrected chi connectivity index (χ4v) is 4.27. The van der Waals surface area contributed by atoms with E-state index in [0.29, 0.717) is 29.0 Å². The maximum Gasteiger partial charge on any atom is 0.202 e. The molecule has 9 heteroatoms. The molecule has 1 fully saturated rings. The van der Waals surface area contributed by atoms with E-state index in [-0.39, 0.29) is 11.6 Å². The van der Waals surface area contributed by atoms with E-state index in [1.807, 2.05) is 19.1 Å². The first-order valence-corrected chi connectivity index (χ1v) is 10.8. The number of aromatic nitrogens is 5. The molecule has 8 nitrogen and oxygen atoms in total. The van der Waals surface area contributed by atoms with Crippen LogP contribution in [0.2, 0.25) is 0 Å². The van der Waals surface area contributed by atoms with Gasteiger partial charge in [0.15, 0.2) is 0 Å². The van der Waals surface area contributed by atoms with Crippen molar-refractivity contribution in [3.05, 3.63) is 47.5 Å². The first kappa shape index (κ1) is 20.6. The number of aryl methyl sites for hydroxylation is 1. The van der Waals surface area contributed by atoms with Crippen molar-refractivity contribution in [2.24, 2.45) is 0 Å². The maximum absolute atomic E-state index is 15.3. The van der Waals surface area contributed by atoms with Gasteiger partial charge in [-0.2, -0.15) is 10.2 Å². The van der Waals surface area contributed by atoms with E-state index >= 15 is 4.39 Å². The molecular formula is C23H26FN7O. The number of fused-ring (bicyclic) bond motifs is 1. The number of phenolic OH excluding ortho intramolecular Hbond substituents is 1. The molecule has 0 saturated carbocycles. The van der Waals surface area contributed by atoms with Gasteiger partial charge in [0.1, 0.15) is 23.1 Å². The Morgan fingerprint density at radius 3 is 2.66 bits per heavy atom. The summed E-state index contributed by atoms with van der Waals surface area (Å²) in [7, 11) is 2.12. The molecule has 5 rings (SSSR count). The fourth-order valence-electron chi connectivity index (χ4n) is 4.27. The second-order valence-corrected chi connectivity index (χ2v) is 8.33. The van der Waals surface area contributed by atoms with Crippen LogP contribution in [0.3, 0.4) is 0 Å². The average molecular weight is 436 g/mol. The fraction of sp³-hybridized carbons (Fsp3) is 0.348. The van der Waals surface area contributed by atoms with Crippen LogP contribution in [-0.4, -0.2) is 73.5 Å². The van der Waals surface area contributed by atoms with Crippen molar-refractivity contribution < 1.29 is 9.50 Å². The smallest absolute Gasteiger partial charge is 0.202 e. The van der Waals surface area contributed by atoms with E-state index in [9.17, 15) is 5.11 Å². The average Bonchev–Trinajstić information content (AvgIpc) is 3.42. The van der Waals surface area contributed by atoms with E-state index in [4.69, 9.17) is 0 Å². The summed E-state index contributed by atoms with van der Waals surface area (Å²) < 4.78 is 15.3. The van der Waals surface area contributed by atoms with Crippen LogP contribution in [0, 0.1) is 5.82 Å². The Bertz CT molecular complexity index is 1260. The maximum atomic E-state index is 15.3. The van der Waals surface area contributed by atoms with Crippen molar-refractivity contribution in [3.8, 4) is 28.4 Å². The largest absolute Gasteiger partial charge is 0.508 e. The number of nitrogens with zero attached hydrogens (tertiary/aromatic N) is 5. The predicted octanol–water partition coefficient (Wildman–Crippen LogP) is 3.17. The van der Waals surface area contributed by atoms with Gasteiger partial charge in [0, 0.05) is 26.2 Å². The minimum Gasteiger partial charge on any atom is -0.508 e. The molecule has 1 aliphatic heterocycles. The van der Waals surface area contributed by atoms with Gasteiger partial charge in [-0.3, -0.25) is 15.1 Å². The van der Waals surface area contributed by atoms with Crippen LogP contribution in [0.5, 0.6) is 5.75 Å². The molecule has 0 unspecified atom stereocenters. The topological polar surface area (TPSA) is 97.0 Å². The van der Waals surface area contributed by atoms with Gasteiger partial charge in [-0.05, 0) is 54.4 Å². The van der Waals surface area contributed by atoms with Gasteiger partial charge in [0.05, 0.1) is 17.4 Å². The molecule has 0 amide bonds. The molecule has 0 spiro atoms. The third-order valence-corrected chi connectivity index (χ3v) is 6.11. The summed E-state index contributed by atoms with van der Waals surface area (Å²) >= 11 is 0. The zero-order chi connectivity index (χ0) is 22.2. The van der Waals surface area contributed by atoms with Gasteiger partial charge < -0.3 is 10.0 Å². The zero-order valence-electron chi connectivity index (χ0n) is 18.2. The van der Waals surface area contributed by atoms with Gasteiger partial charge in [-0.15, -0.1) is 0 Å². The number of hydrogen-bond acceptors (Lipinski definition) is 6. The van der Waals surface area contributed by atoms with Crippen molar-refractivity contribution in [2.75, 3.05) is 33.2 Å². The summed E-state index contributed by atoms with van der Waals surface area (Å²) in [6, 6.07) is 8.52. The highest BCUT2D eigenvalue weighted by Crippen LogP contribution is 2.33. The molecule has 32 heavy (non-hydrogen) atoms. The summed E-state index contributed by atoms with van der Waals surface area (Å²) in [5.74, 6) is 0.940. The quantitative estimate of drug-likeness (QED) is 0.446. The molecule has 1 saturated heterocycles. The lowest BCUT2D eigenvalue weighted by Gasteiger charge is -2.31. The van der Waals surface area contributed by atoms with Crippen LogP contribution in [0.15, 0.2) is 30.3 Å². The molecule has 3 heterocycles. The van der Waals surface area contributed by atoms with Gasteiger partial charge in [-0.1, -0.05) is 13.0 Å². The number of likely N-dealkylation sites (N-methyl/N-ethyl adjacent to an activating group) is 1. The molecule has 3 N–H and O–H groups in total. The van der Waals surface area contributed by atoms with Gasteiger partial charge in [0.2, 0.25) is 5.82 Å². The standard InChI is InChI=1S/C23H26FN7O/c1-3-14-10-16(32)4-5-17(14)15-11-18(24)21-19(12-15)26-28-22(21)23-25-20(27-29-23)13-31-8-6-30(2)7-9-31/h4-5,10-12,32H,3,6-9,13H2,1-2H3,(H,26,28)(H,25,27,29). The Morgan fingerprint density at radius 2 is 1.88 bits per heavy atom. The molecule has 2 aromatic carbocycles. The van der Waals surface area contributed by atoms with Crippen molar-refractivity contribution in [1.82, 2.24) is 35.2 Å². The highest BCUT2D eigenvalue weighted by atomic mass is 19.1. The van der Waals surface area contributed by atoms with Crippen LogP contribution >= 0.6 is 0 Å². The Balaban J connectivity index is 1.45. The number of aromatic amines is 2. The number of rotatable bonds is 5. The molecular weight excluding hydrogens is 409 g/mol. The number of hydrogen-bond donors (Lipinski definition) is 3. The Labute approximate surface area is 185 Å². The number of H-pyrrole nitrogens is 2. The van der Waals surface area contributed by atoms with E-state index in [1.54, 1.807) is 12.1 Å². The second-order valence-electron chi connectivity index (χ2n) is 8.33. The van der Waals surface area contributed by atoms with Crippen LogP contribution in [0.4, 0.5) is 4.39 Å². The number of piperazine rings is 1. The summed E-state index contributed by atoms with van der Waals surface area (Å²) in [5, 5.41) is 24.7. The highest BCUT2D eigenvalue weighted by molar-refractivity contribution is 5.94. The molecule has 0 radical (unpaired) electrons. The van der Waals surface area contributed by atoms with Crippen molar-refractivity contribution >= 4 is 10.9 Å². The van der Waals surface area contributed by atoms with Crippen LogP contribution in [0.25, 0.3) is 33.5 Å². The van der Waals surface area contributed by atoms with E-state index in [1.165, 1.54) is 6.07 Å². The minimum atomic E-state index is -0.387. The molecule has 2 aromatic heterocycles. The first-order valence-electron chi connectivity index (χ1n) is 10.8. The van der Waals surface area contributed by atoms with Gasteiger partial charge in [-0.25, -0.2) is 9.37 Å². The third-order valence-electron chi connectivity index (χ3n) is 6.11. The summed E-state index contributed by atoms with van der Waals surface area (Å²) in [6.07, 6.45) is 0.727. The first-order chi connectivity index (χ1) is 15.5. The van der Waals surface area contributed by atoms with Crippen LogP contribution < -0.4 is 0 Å². The predicted molar refractivity (Wildman–Crippen MR) is 121 cm³/mol. The molecule has 0 aliphatic carbocycles. The van der Waals surface area contributed by atoms with E-state index in [2.05, 4.69) is 42.2 Å². The SMILES string of the molecule is CCc1cc(O)ccc1-c1cc(F)c2c(-c3n[nH]c(CN4CCN(C)CC4)n3)n[nH]c2c1. The Kier molecular flexibility index (Phi) is 5.36. The van der Waals surface area contributed by atoms with E-state index in [0.717, 1.165) is 55.1 Å². The van der Waals surface area contributed by atoms with Crippen molar-refractivity contribution in [1.29, 1.82) is 0 Å². The number of benzene rings is 2. The summed E-state index contributed by atoms with van der Waals surface area (Å²) in [4.78, 5) is 9.20. The number of phenols is 1. The van der Waals surface area contributed by atoms with Crippen molar-refractivity contribution in [2.45, 2.75) is 19.9 Å². The lowest BCUT2D eigenvalue weighted by molar-refractivity contribution is 0.145. The highest BCUT2D eigenvalue weighted by Gasteiger charge is 2.20. The summed E-state index contributed by atoms with van der Waals surface area (Å²) in [6.45, 7) is 6.69. The lowest BCUT2D eigenvalue weighted by atomic mass is 9.96. The molecule has 0 atom stereocenters. The summed E-state index contributed by atoms with van der Waals surface area (Å²) in [5.41, 5.74) is 3.54. The molecule has 0 bridgehead atoms. The second kappa shape index (κ2) is 8.33. The lowest BCUT2D eigenvalue weighted by Crippen LogP contribution is -2.44. The Hall–Kier alpha value is -3.30. The van der Waals surface area contributed by atoms with E-state index < -0.39 is 0 Å².